The summed E-state index contributed by atoms with van der Waals surface area (Å²) in [4.78, 5) is 9.06. The van der Waals surface area contributed by atoms with E-state index in [1.54, 1.807) is 6.33 Å². The van der Waals surface area contributed by atoms with Gasteiger partial charge in [-0.05, 0) is 44.9 Å². The van der Waals surface area contributed by atoms with Crippen LogP contribution in [0.3, 0.4) is 0 Å². The van der Waals surface area contributed by atoms with Crippen molar-refractivity contribution in [3.05, 3.63) is 35.4 Å². The molecule has 6 heteroatoms. The maximum absolute atomic E-state index is 4.73. The van der Waals surface area contributed by atoms with E-state index in [1.165, 1.54) is 22.5 Å². The molecule has 0 aliphatic heterocycles. The molecule has 1 aliphatic rings. The van der Waals surface area contributed by atoms with E-state index in [1.807, 2.05) is 16.0 Å². The molecule has 0 saturated heterocycles. The lowest BCUT2D eigenvalue weighted by molar-refractivity contribution is 0.509. The Kier molecular flexibility index (Phi) is 3.33. The van der Waals surface area contributed by atoms with E-state index in [-0.39, 0.29) is 0 Å². The molecule has 5 nitrogen and oxygen atoms in total. The lowest BCUT2D eigenvalue weighted by atomic mass is 10.3. The van der Waals surface area contributed by atoms with E-state index in [0.717, 1.165) is 22.9 Å². The Bertz CT molecular complexity index is 800. The van der Waals surface area contributed by atoms with E-state index in [0.29, 0.717) is 12.6 Å². The van der Waals surface area contributed by atoms with Gasteiger partial charge in [0.1, 0.15) is 12.2 Å². The second-order valence-corrected chi connectivity index (χ2v) is 7.14. The van der Waals surface area contributed by atoms with E-state index < -0.39 is 0 Å². The third-order valence-corrected chi connectivity index (χ3v) is 5.10. The molecule has 1 aromatic carbocycles. The molecular weight excluding hydrogens is 294 g/mol. The summed E-state index contributed by atoms with van der Waals surface area (Å²) in [6.07, 6.45) is 4.22. The van der Waals surface area contributed by atoms with Crippen LogP contribution in [0.5, 0.6) is 0 Å². The van der Waals surface area contributed by atoms with Gasteiger partial charge in [0.25, 0.3) is 0 Å². The number of hydrogen-bond donors (Lipinski definition) is 1. The fourth-order valence-electron chi connectivity index (χ4n) is 2.57. The minimum atomic E-state index is 0.323. The zero-order valence-electron chi connectivity index (χ0n) is 12.8. The SMILES string of the molecule is CC(C)n1ncnc1CNc1ccc2nc(C3CC3)sc2c1. The largest absolute Gasteiger partial charge is 0.378 e. The molecule has 1 fully saturated rings. The molecule has 1 N–H and O–H groups in total. The zero-order chi connectivity index (χ0) is 15.1. The van der Waals surface area contributed by atoms with Crippen molar-refractivity contribution in [2.24, 2.45) is 0 Å². The van der Waals surface area contributed by atoms with Crippen molar-refractivity contribution in [3.63, 3.8) is 0 Å². The fraction of sp³-hybridized carbons (Fsp3) is 0.438. The predicted molar refractivity (Wildman–Crippen MR) is 89.3 cm³/mol. The highest BCUT2D eigenvalue weighted by atomic mass is 32.1. The van der Waals surface area contributed by atoms with Crippen LogP contribution in [0.25, 0.3) is 10.2 Å². The molecule has 2 aromatic heterocycles. The Hall–Kier alpha value is -1.95. The van der Waals surface area contributed by atoms with Gasteiger partial charge in [-0.15, -0.1) is 11.3 Å². The third-order valence-electron chi connectivity index (χ3n) is 3.92. The molecule has 114 valence electrons. The molecule has 22 heavy (non-hydrogen) atoms. The summed E-state index contributed by atoms with van der Waals surface area (Å²) in [5.74, 6) is 1.68. The van der Waals surface area contributed by atoms with Crippen LogP contribution in [0, 0.1) is 0 Å². The normalized spacial score (nSPS) is 14.9. The number of nitrogens with one attached hydrogen (secondary N) is 1. The summed E-state index contributed by atoms with van der Waals surface area (Å²) < 4.78 is 3.21. The van der Waals surface area contributed by atoms with Gasteiger partial charge in [-0.3, -0.25) is 0 Å². The Labute approximate surface area is 133 Å². The molecule has 0 unspecified atom stereocenters. The Balaban J connectivity index is 1.52. The van der Waals surface area contributed by atoms with E-state index in [9.17, 15) is 0 Å². The quantitative estimate of drug-likeness (QED) is 0.774. The lowest BCUT2D eigenvalue weighted by Crippen LogP contribution is -2.11. The topological polar surface area (TPSA) is 55.6 Å². The van der Waals surface area contributed by atoms with Gasteiger partial charge >= 0.3 is 0 Å². The molecule has 1 aliphatic carbocycles. The number of aromatic nitrogens is 4. The van der Waals surface area contributed by atoms with Gasteiger partial charge in [0, 0.05) is 17.6 Å². The summed E-state index contributed by atoms with van der Waals surface area (Å²) in [5, 5.41) is 9.01. The lowest BCUT2D eigenvalue weighted by Gasteiger charge is -2.10. The van der Waals surface area contributed by atoms with Gasteiger partial charge < -0.3 is 5.32 Å². The van der Waals surface area contributed by atoms with Crippen LogP contribution in [-0.2, 0) is 6.54 Å². The minimum Gasteiger partial charge on any atom is -0.378 e. The molecule has 0 amide bonds. The summed E-state index contributed by atoms with van der Waals surface area (Å²) in [6, 6.07) is 6.71. The zero-order valence-corrected chi connectivity index (χ0v) is 13.6. The second-order valence-electron chi connectivity index (χ2n) is 6.08. The maximum atomic E-state index is 4.73. The van der Waals surface area contributed by atoms with Gasteiger partial charge in [0.2, 0.25) is 0 Å². The Morgan fingerprint density at radius 1 is 1.36 bits per heavy atom. The summed E-state index contributed by atoms with van der Waals surface area (Å²) in [7, 11) is 0. The smallest absolute Gasteiger partial charge is 0.146 e. The summed E-state index contributed by atoms with van der Waals surface area (Å²) >= 11 is 1.83. The first-order valence-corrected chi connectivity index (χ1v) is 8.55. The molecular formula is C16H19N5S. The van der Waals surface area contributed by atoms with Crippen LogP contribution >= 0.6 is 11.3 Å². The van der Waals surface area contributed by atoms with Crippen molar-refractivity contribution >= 4 is 27.2 Å². The Morgan fingerprint density at radius 2 is 2.23 bits per heavy atom. The highest BCUT2D eigenvalue weighted by Gasteiger charge is 2.26. The standard InChI is InChI=1S/C16H19N5S/c1-10(2)21-15(18-9-19-21)8-17-12-5-6-13-14(7-12)22-16(20-13)11-3-4-11/h5-7,9-11,17H,3-4,8H2,1-2H3. The van der Waals surface area contributed by atoms with Crippen LogP contribution < -0.4 is 5.32 Å². The van der Waals surface area contributed by atoms with Gasteiger partial charge in [-0.1, -0.05) is 0 Å². The average Bonchev–Trinajstić information content (AvgIpc) is 3.10. The second kappa shape index (κ2) is 5.35. The summed E-state index contributed by atoms with van der Waals surface area (Å²) in [6.45, 7) is 4.90. The predicted octanol–water partition coefficient (Wildman–Crippen LogP) is 3.96. The molecule has 0 bridgehead atoms. The number of anilines is 1. The minimum absolute atomic E-state index is 0.323. The van der Waals surface area contributed by atoms with Gasteiger partial charge in [-0.2, -0.15) is 5.10 Å². The van der Waals surface area contributed by atoms with Gasteiger partial charge in [-0.25, -0.2) is 14.6 Å². The monoisotopic (exact) mass is 313 g/mol. The van der Waals surface area contributed by atoms with E-state index >= 15 is 0 Å². The van der Waals surface area contributed by atoms with Crippen molar-refractivity contribution in [2.75, 3.05) is 5.32 Å². The van der Waals surface area contributed by atoms with Crippen LogP contribution in [0.15, 0.2) is 24.5 Å². The Morgan fingerprint density at radius 3 is 3.00 bits per heavy atom. The molecule has 3 aromatic rings. The van der Waals surface area contributed by atoms with Crippen LogP contribution in [0.1, 0.15) is 49.5 Å². The third kappa shape index (κ3) is 2.59. The van der Waals surface area contributed by atoms with Crippen molar-refractivity contribution in [1.82, 2.24) is 19.7 Å². The molecule has 0 atom stereocenters. The first-order chi connectivity index (χ1) is 10.7. The molecule has 0 radical (unpaired) electrons. The van der Waals surface area contributed by atoms with Crippen molar-refractivity contribution in [3.8, 4) is 0 Å². The van der Waals surface area contributed by atoms with Crippen LogP contribution in [0.2, 0.25) is 0 Å². The number of nitrogens with zero attached hydrogens (tertiary/aromatic N) is 4. The molecule has 0 spiro atoms. The number of fused-ring (bicyclic) bond motifs is 1. The number of hydrogen-bond acceptors (Lipinski definition) is 5. The number of benzene rings is 1. The molecule has 2 heterocycles. The van der Waals surface area contributed by atoms with Crippen molar-refractivity contribution < 1.29 is 0 Å². The number of rotatable bonds is 5. The van der Waals surface area contributed by atoms with Gasteiger partial charge in [0.05, 0.1) is 21.8 Å². The van der Waals surface area contributed by atoms with Gasteiger partial charge in [0.15, 0.2) is 0 Å². The van der Waals surface area contributed by atoms with E-state index in [4.69, 9.17) is 4.98 Å². The molecule has 4 rings (SSSR count). The fourth-order valence-corrected chi connectivity index (χ4v) is 3.75. The molecule has 1 saturated carbocycles. The van der Waals surface area contributed by atoms with Crippen LogP contribution in [-0.4, -0.2) is 19.7 Å². The van der Waals surface area contributed by atoms with Crippen molar-refractivity contribution in [2.45, 2.75) is 45.2 Å². The average molecular weight is 313 g/mol. The highest BCUT2D eigenvalue weighted by Crippen LogP contribution is 2.43. The number of thiazole rings is 1. The summed E-state index contributed by atoms with van der Waals surface area (Å²) in [5.41, 5.74) is 2.22. The highest BCUT2D eigenvalue weighted by molar-refractivity contribution is 7.18. The van der Waals surface area contributed by atoms with Crippen LogP contribution in [0.4, 0.5) is 5.69 Å². The first-order valence-electron chi connectivity index (χ1n) is 7.73. The maximum Gasteiger partial charge on any atom is 0.146 e. The first kappa shape index (κ1) is 13.7. The van der Waals surface area contributed by atoms with Crippen molar-refractivity contribution in [1.29, 1.82) is 0 Å². The van der Waals surface area contributed by atoms with E-state index in [2.05, 4.69) is 47.4 Å².